The zero-order chi connectivity index (χ0) is 18.8. The molecule has 0 bridgehead atoms. The predicted molar refractivity (Wildman–Crippen MR) is 81.8 cm³/mol. The fourth-order valence-corrected chi connectivity index (χ4v) is 2.59. The zero-order valence-electron chi connectivity index (χ0n) is 13.6. The average molecular weight is 368 g/mol. The Bertz CT molecular complexity index is 820. The third-order valence-corrected chi connectivity index (χ3v) is 3.93. The monoisotopic (exact) mass is 368 g/mol. The average Bonchev–Trinajstić information content (AvgIpc) is 3.26. The van der Waals surface area contributed by atoms with Gasteiger partial charge < -0.3 is 9.84 Å². The summed E-state index contributed by atoms with van der Waals surface area (Å²) in [7, 11) is 0. The van der Waals surface area contributed by atoms with Crippen LogP contribution >= 0.6 is 0 Å². The van der Waals surface area contributed by atoms with Crippen LogP contribution in [0, 0.1) is 0 Å². The van der Waals surface area contributed by atoms with Crippen molar-refractivity contribution < 1.29 is 23.0 Å². The molecule has 8 nitrogen and oxygen atoms in total. The van der Waals surface area contributed by atoms with Crippen molar-refractivity contribution in [1.29, 1.82) is 0 Å². The highest BCUT2D eigenvalue weighted by Gasteiger charge is 2.39. The van der Waals surface area contributed by atoms with E-state index in [0.717, 1.165) is 12.1 Å². The minimum Gasteiger partial charge on any atom is -0.406 e. The lowest BCUT2D eigenvalue weighted by molar-refractivity contribution is -0.274. The number of hydrogen-bond acceptors (Lipinski definition) is 6. The Morgan fingerprint density at radius 1 is 1.12 bits per heavy atom. The van der Waals surface area contributed by atoms with Crippen molar-refractivity contribution in [3.63, 3.8) is 0 Å². The second kappa shape index (κ2) is 6.75. The highest BCUT2D eigenvalue weighted by molar-refractivity contribution is 5.31. The maximum Gasteiger partial charge on any atom is 0.573 e. The minimum atomic E-state index is -4.79. The number of alkyl halides is 3. The maximum absolute atomic E-state index is 12.3. The van der Waals surface area contributed by atoms with Gasteiger partial charge in [-0.1, -0.05) is 12.1 Å². The summed E-state index contributed by atoms with van der Waals surface area (Å²) < 4.78 is 42.3. The summed E-state index contributed by atoms with van der Waals surface area (Å²) in [6.07, 6.45) is 0.886. The zero-order valence-corrected chi connectivity index (χ0v) is 13.6. The van der Waals surface area contributed by atoms with Gasteiger partial charge in [-0.25, -0.2) is 9.67 Å². The molecule has 0 saturated heterocycles. The topological polar surface area (TPSA) is 90.9 Å². The first kappa shape index (κ1) is 17.9. The number of benzene rings is 1. The van der Waals surface area contributed by atoms with Gasteiger partial charge in [0.2, 0.25) is 0 Å². The van der Waals surface area contributed by atoms with E-state index in [9.17, 15) is 18.3 Å². The molecule has 3 rings (SSSR count). The van der Waals surface area contributed by atoms with Gasteiger partial charge in [-0.15, -0.1) is 13.2 Å². The number of nitrogens with zero attached hydrogens (tertiary/aromatic N) is 6. The van der Waals surface area contributed by atoms with Gasteiger partial charge >= 0.3 is 6.36 Å². The van der Waals surface area contributed by atoms with Gasteiger partial charge in [0, 0.05) is 0 Å². The summed E-state index contributed by atoms with van der Waals surface area (Å²) in [5, 5.41) is 23.4. The highest BCUT2D eigenvalue weighted by Crippen LogP contribution is 2.35. The van der Waals surface area contributed by atoms with E-state index in [-0.39, 0.29) is 12.3 Å². The summed E-state index contributed by atoms with van der Waals surface area (Å²) in [4.78, 5) is 5.15. The molecule has 2 heterocycles. The summed E-state index contributed by atoms with van der Waals surface area (Å²) in [5.41, 5.74) is -1.21. The fraction of sp³-hybridized carbons (Fsp3) is 0.333. The van der Waals surface area contributed by atoms with Crippen LogP contribution in [0.2, 0.25) is 0 Å². The van der Waals surface area contributed by atoms with E-state index in [4.69, 9.17) is 0 Å². The summed E-state index contributed by atoms with van der Waals surface area (Å²) in [5.74, 6) is -0.380. The minimum absolute atomic E-state index is 0.00478. The van der Waals surface area contributed by atoms with E-state index in [1.165, 1.54) is 46.7 Å². The summed E-state index contributed by atoms with van der Waals surface area (Å²) >= 11 is 0. The maximum atomic E-state index is 12.3. The van der Waals surface area contributed by atoms with E-state index in [1.54, 1.807) is 6.92 Å². The van der Waals surface area contributed by atoms with Crippen molar-refractivity contribution in [1.82, 2.24) is 29.8 Å². The molecule has 0 fully saturated rings. The molecule has 0 spiro atoms. The molecule has 11 heteroatoms. The molecule has 3 aromatic rings. The molecule has 2 atom stereocenters. The van der Waals surface area contributed by atoms with Crippen LogP contribution < -0.4 is 4.74 Å². The first-order chi connectivity index (χ1) is 12.3. The Morgan fingerprint density at radius 3 is 2.31 bits per heavy atom. The highest BCUT2D eigenvalue weighted by atomic mass is 19.4. The van der Waals surface area contributed by atoms with Crippen LogP contribution in [0.1, 0.15) is 18.5 Å². The molecule has 138 valence electrons. The van der Waals surface area contributed by atoms with Crippen molar-refractivity contribution in [3.05, 3.63) is 54.9 Å². The second-order valence-corrected chi connectivity index (χ2v) is 5.61. The Hall–Kier alpha value is -2.95. The number of rotatable bonds is 6. The number of hydrogen-bond donors (Lipinski definition) is 1. The largest absolute Gasteiger partial charge is 0.573 e. The molecule has 1 N–H and O–H groups in total. The number of aromatic nitrogens is 6. The summed E-state index contributed by atoms with van der Waals surface area (Å²) in [6, 6.07) is 4.35. The van der Waals surface area contributed by atoms with Crippen molar-refractivity contribution in [2.24, 2.45) is 0 Å². The lowest BCUT2D eigenvalue weighted by atomic mass is 9.87. The van der Waals surface area contributed by atoms with Crippen molar-refractivity contribution >= 4 is 0 Å². The van der Waals surface area contributed by atoms with E-state index in [2.05, 4.69) is 25.0 Å². The van der Waals surface area contributed by atoms with Gasteiger partial charge in [0.15, 0.2) is 0 Å². The standard InChI is InChI=1S/C15H15F3N6O2/c1-11(24-20-6-7-21-24)14(25,8-23-10-19-9-22-23)12-2-4-13(5-3-12)26-15(16,17)18/h2-7,9-11,25H,8H2,1H3/t11-,14-/m1/s1. The predicted octanol–water partition coefficient (Wildman–Crippen LogP) is 1.92. The lowest BCUT2D eigenvalue weighted by Gasteiger charge is -2.33. The number of halogens is 3. The van der Waals surface area contributed by atoms with Gasteiger partial charge in [0.05, 0.1) is 18.9 Å². The smallest absolute Gasteiger partial charge is 0.406 e. The molecule has 0 unspecified atom stereocenters. The molecule has 0 saturated carbocycles. The molecule has 0 aliphatic carbocycles. The lowest BCUT2D eigenvalue weighted by Crippen LogP contribution is -2.40. The van der Waals surface area contributed by atoms with Crippen molar-refractivity contribution in [2.75, 3.05) is 0 Å². The Balaban J connectivity index is 1.95. The van der Waals surface area contributed by atoms with Crippen LogP contribution in [-0.4, -0.2) is 41.2 Å². The van der Waals surface area contributed by atoms with E-state index < -0.39 is 18.0 Å². The third-order valence-electron chi connectivity index (χ3n) is 3.93. The molecule has 1 aromatic carbocycles. The third kappa shape index (κ3) is 3.82. The van der Waals surface area contributed by atoms with Gasteiger partial charge in [-0.3, -0.25) is 0 Å². The van der Waals surface area contributed by atoms with Crippen molar-refractivity contribution in [3.8, 4) is 5.75 Å². The van der Waals surface area contributed by atoms with Gasteiger partial charge in [0.1, 0.15) is 30.0 Å². The van der Waals surface area contributed by atoms with Crippen LogP contribution in [0.3, 0.4) is 0 Å². The molecule has 0 amide bonds. The normalized spacial score (nSPS) is 15.4. The Morgan fingerprint density at radius 2 is 1.77 bits per heavy atom. The molecule has 2 aromatic heterocycles. The number of ether oxygens (including phenoxy) is 1. The van der Waals surface area contributed by atoms with E-state index >= 15 is 0 Å². The molecular formula is C15H15F3N6O2. The van der Waals surface area contributed by atoms with Crippen LogP contribution in [0.4, 0.5) is 13.2 Å². The van der Waals surface area contributed by atoms with Crippen LogP contribution in [0.25, 0.3) is 0 Å². The van der Waals surface area contributed by atoms with Crippen LogP contribution in [0.15, 0.2) is 49.3 Å². The van der Waals surface area contributed by atoms with Crippen LogP contribution in [0.5, 0.6) is 5.75 Å². The van der Waals surface area contributed by atoms with Gasteiger partial charge in [-0.05, 0) is 24.6 Å². The molecular weight excluding hydrogens is 353 g/mol. The SMILES string of the molecule is C[C@@H](n1nccn1)[C@](O)(Cn1cncn1)c1ccc(OC(F)(F)F)cc1. The first-order valence-electron chi connectivity index (χ1n) is 7.55. The fourth-order valence-electron chi connectivity index (χ4n) is 2.59. The Kier molecular flexibility index (Phi) is 4.64. The van der Waals surface area contributed by atoms with Gasteiger partial charge in [-0.2, -0.15) is 20.1 Å². The first-order valence-corrected chi connectivity index (χ1v) is 7.55. The molecule has 26 heavy (non-hydrogen) atoms. The van der Waals surface area contributed by atoms with E-state index in [0.29, 0.717) is 5.56 Å². The second-order valence-electron chi connectivity index (χ2n) is 5.61. The number of aliphatic hydroxyl groups is 1. The van der Waals surface area contributed by atoms with Gasteiger partial charge in [0.25, 0.3) is 0 Å². The van der Waals surface area contributed by atoms with Crippen LogP contribution in [-0.2, 0) is 12.1 Å². The molecule has 0 radical (unpaired) electrons. The summed E-state index contributed by atoms with van der Waals surface area (Å²) in [6.45, 7) is 1.69. The molecule has 0 aliphatic heterocycles. The quantitative estimate of drug-likeness (QED) is 0.715. The molecule has 0 aliphatic rings. The van der Waals surface area contributed by atoms with Crippen molar-refractivity contribution in [2.45, 2.75) is 31.5 Å². The Labute approximate surface area is 145 Å². The van der Waals surface area contributed by atoms with E-state index in [1.807, 2.05) is 0 Å².